The molecule has 1 aromatic carbocycles. The first-order valence-corrected chi connectivity index (χ1v) is 7.59. The lowest BCUT2D eigenvalue weighted by Crippen LogP contribution is -2.31. The second kappa shape index (κ2) is 8.08. The summed E-state index contributed by atoms with van der Waals surface area (Å²) in [6, 6.07) is 4.63. The van der Waals surface area contributed by atoms with Crippen LogP contribution >= 0.6 is 23.2 Å². The molecule has 1 aromatic rings. The van der Waals surface area contributed by atoms with Gasteiger partial charge in [0.2, 0.25) is 5.76 Å². The number of esters is 1. The third-order valence-corrected chi connectivity index (χ3v) is 3.55. The molecule has 1 aliphatic rings. The maximum absolute atomic E-state index is 11.8. The summed E-state index contributed by atoms with van der Waals surface area (Å²) in [5.74, 6) is -1.27. The van der Waals surface area contributed by atoms with Crippen LogP contribution in [-0.2, 0) is 23.8 Å². The minimum Gasteiger partial charge on any atom is -0.493 e. The van der Waals surface area contributed by atoms with E-state index in [4.69, 9.17) is 37.4 Å². The number of hydrogen-bond donors (Lipinski definition) is 1. The molecule has 124 valence electrons. The highest BCUT2D eigenvalue weighted by molar-refractivity contribution is 6.35. The highest BCUT2D eigenvalue weighted by Gasteiger charge is 2.19. The third kappa shape index (κ3) is 5.04. The first kappa shape index (κ1) is 17.4. The van der Waals surface area contributed by atoms with Gasteiger partial charge in [0.1, 0.15) is 19.5 Å². The molecular formula is C15H15Cl2NO5. The Bertz CT molecular complexity index is 632. The molecule has 0 saturated carbocycles. The number of ether oxygens (including phenoxy) is 3. The van der Waals surface area contributed by atoms with E-state index in [1.54, 1.807) is 25.1 Å². The monoisotopic (exact) mass is 359 g/mol. The summed E-state index contributed by atoms with van der Waals surface area (Å²) in [6.45, 7) is 1.96. The van der Waals surface area contributed by atoms with Crippen molar-refractivity contribution in [1.29, 1.82) is 0 Å². The zero-order valence-corrected chi connectivity index (χ0v) is 13.8. The molecule has 6 nitrogen and oxygen atoms in total. The van der Waals surface area contributed by atoms with Crippen LogP contribution in [0.4, 0.5) is 0 Å². The van der Waals surface area contributed by atoms with Crippen LogP contribution in [0.5, 0.6) is 0 Å². The van der Waals surface area contributed by atoms with Gasteiger partial charge >= 0.3 is 5.97 Å². The van der Waals surface area contributed by atoms with Crippen LogP contribution in [0, 0.1) is 0 Å². The molecule has 0 aromatic heterocycles. The average Bonchev–Trinajstić information content (AvgIpc) is 2.53. The first-order chi connectivity index (χ1) is 11.0. The molecule has 1 atom stereocenters. The number of hydrogen-bond acceptors (Lipinski definition) is 5. The summed E-state index contributed by atoms with van der Waals surface area (Å²) < 4.78 is 14.8. The average molecular weight is 360 g/mol. The van der Waals surface area contributed by atoms with Crippen LogP contribution in [0.2, 0.25) is 10.0 Å². The molecule has 0 bridgehead atoms. The van der Waals surface area contributed by atoms with Gasteiger partial charge in [-0.1, -0.05) is 29.3 Å². The Labute approximate surface area is 143 Å². The molecule has 1 aliphatic heterocycles. The molecule has 0 aliphatic carbocycles. The molecule has 0 spiro atoms. The van der Waals surface area contributed by atoms with Crippen molar-refractivity contribution in [3.8, 4) is 0 Å². The molecule has 8 heteroatoms. The molecule has 0 saturated heterocycles. The maximum atomic E-state index is 11.8. The quantitative estimate of drug-likeness (QED) is 0.818. The Morgan fingerprint density at radius 2 is 2.13 bits per heavy atom. The summed E-state index contributed by atoms with van der Waals surface area (Å²) >= 11 is 11.9. The number of nitrogens with one attached hydrogen (secondary N) is 1. The van der Waals surface area contributed by atoms with Gasteiger partial charge in [0, 0.05) is 10.0 Å². The highest BCUT2D eigenvalue weighted by atomic mass is 35.5. The van der Waals surface area contributed by atoms with E-state index in [-0.39, 0.29) is 18.4 Å². The summed E-state index contributed by atoms with van der Waals surface area (Å²) in [7, 11) is 0. The van der Waals surface area contributed by atoms with Crippen molar-refractivity contribution in [1.82, 2.24) is 5.32 Å². The molecule has 1 amide bonds. The fourth-order valence-corrected chi connectivity index (χ4v) is 2.46. The molecular weight excluding hydrogens is 345 g/mol. The SMILES string of the molecule is CC(NC(=O)COC(=O)C1=COCCO1)c1ccc(Cl)cc1Cl. The summed E-state index contributed by atoms with van der Waals surface area (Å²) in [6.07, 6.45) is 1.17. The van der Waals surface area contributed by atoms with E-state index in [0.717, 1.165) is 0 Å². The molecule has 1 N–H and O–H groups in total. The van der Waals surface area contributed by atoms with Crippen LogP contribution in [-0.4, -0.2) is 31.7 Å². The summed E-state index contributed by atoms with van der Waals surface area (Å²) in [5, 5.41) is 3.63. The summed E-state index contributed by atoms with van der Waals surface area (Å²) in [4.78, 5) is 23.5. The minimum absolute atomic E-state index is 0.0576. The predicted molar refractivity (Wildman–Crippen MR) is 84.0 cm³/mol. The van der Waals surface area contributed by atoms with Crippen molar-refractivity contribution in [3.05, 3.63) is 45.8 Å². The second-order valence-corrected chi connectivity index (χ2v) is 5.58. The predicted octanol–water partition coefficient (Wildman–Crippen LogP) is 2.60. The van der Waals surface area contributed by atoms with Crippen LogP contribution in [0.1, 0.15) is 18.5 Å². The number of amides is 1. The molecule has 0 radical (unpaired) electrons. The van der Waals surface area contributed by atoms with Crippen LogP contribution < -0.4 is 5.32 Å². The number of halogens is 2. The van der Waals surface area contributed by atoms with E-state index in [9.17, 15) is 9.59 Å². The largest absolute Gasteiger partial charge is 0.493 e. The molecule has 23 heavy (non-hydrogen) atoms. The summed E-state index contributed by atoms with van der Waals surface area (Å²) in [5.41, 5.74) is 0.711. The smallest absolute Gasteiger partial charge is 0.377 e. The van der Waals surface area contributed by atoms with Crippen molar-refractivity contribution in [3.63, 3.8) is 0 Å². The molecule has 2 rings (SSSR count). The van der Waals surface area contributed by atoms with E-state index in [2.05, 4.69) is 5.32 Å². The topological polar surface area (TPSA) is 73.9 Å². The Morgan fingerprint density at radius 3 is 2.78 bits per heavy atom. The van der Waals surface area contributed by atoms with Gasteiger partial charge in [-0.15, -0.1) is 0 Å². The lowest BCUT2D eigenvalue weighted by Gasteiger charge is -2.17. The van der Waals surface area contributed by atoms with Gasteiger partial charge in [-0.05, 0) is 24.6 Å². The van der Waals surface area contributed by atoms with Gasteiger partial charge in [0.25, 0.3) is 5.91 Å². The van der Waals surface area contributed by atoms with Gasteiger partial charge < -0.3 is 19.5 Å². The van der Waals surface area contributed by atoms with Crippen molar-refractivity contribution >= 4 is 35.1 Å². The normalized spacial score (nSPS) is 14.8. The van der Waals surface area contributed by atoms with Crippen molar-refractivity contribution in [2.24, 2.45) is 0 Å². The van der Waals surface area contributed by atoms with Gasteiger partial charge in [-0.3, -0.25) is 4.79 Å². The Kier molecular flexibility index (Phi) is 6.12. The fraction of sp³-hybridized carbons (Fsp3) is 0.333. The van der Waals surface area contributed by atoms with E-state index in [1.807, 2.05) is 0 Å². The number of carbonyl (C=O) groups is 2. The van der Waals surface area contributed by atoms with Crippen molar-refractivity contribution in [2.75, 3.05) is 19.8 Å². The van der Waals surface area contributed by atoms with E-state index in [1.165, 1.54) is 6.26 Å². The number of rotatable bonds is 5. The molecule has 1 unspecified atom stereocenters. The standard InChI is InChI=1S/C15H15Cl2NO5/c1-9(11-3-2-10(16)6-12(11)17)18-14(19)8-23-15(20)13-7-21-4-5-22-13/h2-3,6-7,9H,4-5,8H2,1H3,(H,18,19). The van der Waals surface area contributed by atoms with Crippen molar-refractivity contribution in [2.45, 2.75) is 13.0 Å². The van der Waals surface area contributed by atoms with Crippen LogP contribution in [0.3, 0.4) is 0 Å². The Morgan fingerprint density at radius 1 is 1.35 bits per heavy atom. The molecule has 1 heterocycles. The second-order valence-electron chi connectivity index (χ2n) is 4.73. The Hall–Kier alpha value is -1.92. The van der Waals surface area contributed by atoms with Crippen LogP contribution in [0.25, 0.3) is 0 Å². The third-order valence-electron chi connectivity index (χ3n) is 2.99. The fourth-order valence-electron chi connectivity index (χ4n) is 1.89. The number of benzene rings is 1. The number of carbonyl (C=O) groups excluding carboxylic acids is 2. The molecule has 0 fully saturated rings. The van der Waals surface area contributed by atoms with Gasteiger partial charge in [-0.2, -0.15) is 0 Å². The van der Waals surface area contributed by atoms with E-state index < -0.39 is 18.5 Å². The van der Waals surface area contributed by atoms with E-state index in [0.29, 0.717) is 22.2 Å². The minimum atomic E-state index is -0.753. The van der Waals surface area contributed by atoms with Gasteiger partial charge in [-0.25, -0.2) is 4.79 Å². The van der Waals surface area contributed by atoms with Gasteiger partial charge in [0.05, 0.1) is 6.04 Å². The maximum Gasteiger partial charge on any atom is 0.377 e. The Balaban J connectivity index is 1.84. The van der Waals surface area contributed by atoms with Crippen molar-refractivity contribution < 1.29 is 23.8 Å². The van der Waals surface area contributed by atoms with Gasteiger partial charge in [0.15, 0.2) is 6.61 Å². The van der Waals surface area contributed by atoms with E-state index >= 15 is 0 Å². The highest BCUT2D eigenvalue weighted by Crippen LogP contribution is 2.25. The van der Waals surface area contributed by atoms with Crippen LogP contribution in [0.15, 0.2) is 30.2 Å². The lowest BCUT2D eigenvalue weighted by atomic mass is 10.1. The first-order valence-electron chi connectivity index (χ1n) is 6.83. The zero-order valence-electron chi connectivity index (χ0n) is 12.3. The lowest BCUT2D eigenvalue weighted by molar-refractivity contribution is -0.149. The zero-order chi connectivity index (χ0) is 16.8.